The minimum absolute atomic E-state index is 0.574. The molecule has 0 aliphatic heterocycles. The highest BCUT2D eigenvalue weighted by atomic mass is 35.5. The second kappa shape index (κ2) is 3.64. The molecule has 0 N–H and O–H groups in total. The zero-order valence-corrected chi connectivity index (χ0v) is 9.05. The molecule has 16 heavy (non-hydrogen) atoms. The third-order valence-corrected chi connectivity index (χ3v) is 2.57. The number of halogens is 1. The average molecular weight is 234 g/mol. The molecule has 0 unspecified atom stereocenters. The lowest BCUT2D eigenvalue weighted by molar-refractivity contribution is 0.517. The predicted molar refractivity (Wildman–Crippen MR) is 59.5 cm³/mol. The summed E-state index contributed by atoms with van der Waals surface area (Å²) in [5.74, 6) is 1.54. The molecule has 5 heteroatoms. The summed E-state index contributed by atoms with van der Waals surface area (Å²) >= 11 is 6.01. The third-order valence-electron chi connectivity index (χ3n) is 2.27. The smallest absolute Gasteiger partial charge is 0.174 e. The van der Waals surface area contributed by atoms with E-state index < -0.39 is 0 Å². The maximum atomic E-state index is 6.01. The van der Waals surface area contributed by atoms with E-state index in [1.54, 1.807) is 16.8 Å². The lowest BCUT2D eigenvalue weighted by Gasteiger charge is -1.90. The topological polar surface area (TPSA) is 43.3 Å². The van der Waals surface area contributed by atoms with Crippen LogP contribution in [-0.4, -0.2) is 14.6 Å². The molecule has 0 aliphatic carbocycles. The molecule has 0 aromatic carbocycles. The highest BCUT2D eigenvalue weighted by molar-refractivity contribution is 6.33. The molecule has 0 saturated heterocycles. The van der Waals surface area contributed by atoms with Gasteiger partial charge < -0.3 is 4.42 Å². The molecule has 0 bridgehead atoms. The summed E-state index contributed by atoms with van der Waals surface area (Å²) in [5, 5.41) is 4.91. The van der Waals surface area contributed by atoms with E-state index in [1.165, 1.54) is 0 Å². The number of hydrogen-bond donors (Lipinski definition) is 0. The number of aromatic nitrogens is 3. The Balaban J connectivity index is 2.02. The first-order valence-corrected chi connectivity index (χ1v) is 5.23. The quantitative estimate of drug-likeness (QED) is 0.683. The maximum absolute atomic E-state index is 6.01. The van der Waals surface area contributed by atoms with Crippen LogP contribution in [0.2, 0.25) is 5.02 Å². The van der Waals surface area contributed by atoms with Crippen molar-refractivity contribution < 1.29 is 4.42 Å². The molecule has 3 aromatic heterocycles. The van der Waals surface area contributed by atoms with Crippen LogP contribution in [0.3, 0.4) is 0 Å². The normalized spacial score (nSPS) is 11.1. The number of pyridine rings is 1. The van der Waals surface area contributed by atoms with Crippen LogP contribution in [0.15, 0.2) is 41.1 Å². The Hall–Kier alpha value is -1.81. The van der Waals surface area contributed by atoms with Crippen molar-refractivity contribution in [1.29, 1.82) is 0 Å². The standard InChI is InChI=1S/C11H8ClN3O/c12-9-4-1-5-15-11(9)13-10(14-15)7-8-3-2-6-16-8/h1-6H,7H2. The monoisotopic (exact) mass is 233 g/mol. The molecule has 0 amide bonds. The predicted octanol–water partition coefficient (Wildman–Crippen LogP) is 2.57. The van der Waals surface area contributed by atoms with Gasteiger partial charge >= 0.3 is 0 Å². The van der Waals surface area contributed by atoms with Crippen molar-refractivity contribution >= 4 is 17.2 Å². The second-order valence-electron chi connectivity index (χ2n) is 3.41. The Morgan fingerprint density at radius 1 is 1.31 bits per heavy atom. The van der Waals surface area contributed by atoms with Crippen LogP contribution < -0.4 is 0 Å². The Bertz CT molecular complexity index is 615. The first-order valence-electron chi connectivity index (χ1n) is 4.85. The largest absolute Gasteiger partial charge is 0.469 e. The zero-order chi connectivity index (χ0) is 11.0. The lowest BCUT2D eigenvalue weighted by atomic mass is 10.3. The Morgan fingerprint density at radius 2 is 2.25 bits per heavy atom. The second-order valence-corrected chi connectivity index (χ2v) is 3.82. The van der Waals surface area contributed by atoms with Gasteiger partial charge in [0.25, 0.3) is 0 Å². The highest BCUT2D eigenvalue weighted by Gasteiger charge is 2.08. The molecule has 0 spiro atoms. The van der Waals surface area contributed by atoms with E-state index in [-0.39, 0.29) is 0 Å². The summed E-state index contributed by atoms with van der Waals surface area (Å²) in [5.41, 5.74) is 0.672. The van der Waals surface area contributed by atoms with Gasteiger partial charge in [0.1, 0.15) is 5.76 Å². The first-order chi connectivity index (χ1) is 7.83. The molecule has 3 heterocycles. The van der Waals surface area contributed by atoms with E-state index in [0.717, 1.165) is 5.76 Å². The van der Waals surface area contributed by atoms with Crippen LogP contribution >= 0.6 is 11.6 Å². The third kappa shape index (κ3) is 1.57. The van der Waals surface area contributed by atoms with Crippen LogP contribution in [0.25, 0.3) is 5.65 Å². The van der Waals surface area contributed by atoms with Gasteiger partial charge in [0.15, 0.2) is 11.5 Å². The molecular formula is C11H8ClN3O. The van der Waals surface area contributed by atoms with Crippen LogP contribution in [0.1, 0.15) is 11.6 Å². The fourth-order valence-corrected chi connectivity index (χ4v) is 1.76. The van der Waals surface area contributed by atoms with Gasteiger partial charge in [0.05, 0.1) is 17.7 Å². The van der Waals surface area contributed by atoms with E-state index in [2.05, 4.69) is 10.1 Å². The van der Waals surface area contributed by atoms with Crippen molar-refractivity contribution in [2.45, 2.75) is 6.42 Å². The fourth-order valence-electron chi connectivity index (χ4n) is 1.56. The van der Waals surface area contributed by atoms with Gasteiger partial charge in [-0.05, 0) is 24.3 Å². The number of hydrogen-bond acceptors (Lipinski definition) is 3. The SMILES string of the molecule is Clc1cccn2nc(Cc3ccco3)nc12. The van der Waals surface area contributed by atoms with E-state index in [0.29, 0.717) is 22.9 Å². The van der Waals surface area contributed by atoms with Crippen molar-refractivity contribution in [3.63, 3.8) is 0 Å². The molecule has 0 atom stereocenters. The number of nitrogens with zero attached hydrogens (tertiary/aromatic N) is 3. The summed E-state index contributed by atoms with van der Waals surface area (Å²) in [6.45, 7) is 0. The first kappa shape index (κ1) is 9.42. The molecule has 0 saturated carbocycles. The minimum atomic E-state index is 0.574. The van der Waals surface area contributed by atoms with E-state index in [1.807, 2.05) is 24.4 Å². The van der Waals surface area contributed by atoms with Gasteiger partial charge in [-0.15, -0.1) is 0 Å². The summed E-state index contributed by atoms with van der Waals surface area (Å²) < 4.78 is 6.91. The highest BCUT2D eigenvalue weighted by Crippen LogP contribution is 2.15. The van der Waals surface area contributed by atoms with Crippen LogP contribution in [0.5, 0.6) is 0 Å². The van der Waals surface area contributed by atoms with Crippen molar-refractivity contribution in [2.24, 2.45) is 0 Å². The lowest BCUT2D eigenvalue weighted by Crippen LogP contribution is -1.90. The maximum Gasteiger partial charge on any atom is 0.174 e. The Morgan fingerprint density at radius 3 is 3.00 bits per heavy atom. The Labute approximate surface area is 96.5 Å². The zero-order valence-electron chi connectivity index (χ0n) is 8.30. The van der Waals surface area contributed by atoms with Gasteiger partial charge in [0, 0.05) is 6.20 Å². The number of furan rings is 1. The number of fused-ring (bicyclic) bond motifs is 1. The molecule has 4 nitrogen and oxygen atoms in total. The summed E-state index contributed by atoms with van der Waals surface area (Å²) in [6.07, 6.45) is 4.03. The van der Waals surface area contributed by atoms with Gasteiger partial charge in [0.2, 0.25) is 0 Å². The molecule has 0 fully saturated rings. The summed E-state index contributed by atoms with van der Waals surface area (Å²) in [4.78, 5) is 4.35. The van der Waals surface area contributed by atoms with Crippen molar-refractivity contribution in [3.8, 4) is 0 Å². The minimum Gasteiger partial charge on any atom is -0.469 e. The average Bonchev–Trinajstić information content (AvgIpc) is 2.88. The van der Waals surface area contributed by atoms with E-state index >= 15 is 0 Å². The molecule has 3 aromatic rings. The molecule has 0 radical (unpaired) electrons. The summed E-state index contributed by atoms with van der Waals surface area (Å²) in [6, 6.07) is 7.37. The van der Waals surface area contributed by atoms with Gasteiger partial charge in [-0.25, -0.2) is 9.50 Å². The molecule has 80 valence electrons. The van der Waals surface area contributed by atoms with Crippen LogP contribution in [0.4, 0.5) is 0 Å². The van der Waals surface area contributed by atoms with Crippen molar-refractivity contribution in [3.05, 3.63) is 53.3 Å². The van der Waals surface area contributed by atoms with E-state index in [9.17, 15) is 0 Å². The van der Waals surface area contributed by atoms with Crippen molar-refractivity contribution in [1.82, 2.24) is 14.6 Å². The number of rotatable bonds is 2. The van der Waals surface area contributed by atoms with Gasteiger partial charge in [-0.3, -0.25) is 0 Å². The van der Waals surface area contributed by atoms with Crippen LogP contribution in [0, 0.1) is 0 Å². The molecule has 3 rings (SSSR count). The fraction of sp³-hybridized carbons (Fsp3) is 0.0909. The van der Waals surface area contributed by atoms with Gasteiger partial charge in [-0.1, -0.05) is 11.6 Å². The summed E-state index contributed by atoms with van der Waals surface area (Å²) in [7, 11) is 0. The Kier molecular flexibility index (Phi) is 2.15. The van der Waals surface area contributed by atoms with Gasteiger partial charge in [-0.2, -0.15) is 5.10 Å². The van der Waals surface area contributed by atoms with Crippen molar-refractivity contribution in [2.75, 3.05) is 0 Å². The molecule has 0 aliphatic rings. The molecular weight excluding hydrogens is 226 g/mol. The van der Waals surface area contributed by atoms with E-state index in [4.69, 9.17) is 16.0 Å². The van der Waals surface area contributed by atoms with Crippen LogP contribution in [-0.2, 0) is 6.42 Å².